The first kappa shape index (κ1) is 17.5. The summed E-state index contributed by atoms with van der Waals surface area (Å²) < 4.78 is 9.91. The molecule has 0 unspecified atom stereocenters. The molecule has 0 spiro atoms. The van der Waals surface area contributed by atoms with Gasteiger partial charge in [-0.3, -0.25) is 4.79 Å². The van der Waals surface area contributed by atoms with Crippen LogP contribution in [-0.4, -0.2) is 43.9 Å². The fourth-order valence-electron chi connectivity index (χ4n) is 1.59. The molecule has 22 heavy (non-hydrogen) atoms. The van der Waals surface area contributed by atoms with Crippen molar-refractivity contribution in [1.29, 1.82) is 0 Å². The van der Waals surface area contributed by atoms with Crippen molar-refractivity contribution in [3.05, 3.63) is 36.0 Å². The fourth-order valence-corrected chi connectivity index (χ4v) is 1.59. The molecule has 1 aromatic carbocycles. The summed E-state index contributed by atoms with van der Waals surface area (Å²) in [5.41, 5.74) is 0.533. The number of hydrogen-bond donors (Lipinski definition) is 3. The first-order chi connectivity index (χ1) is 10.6. The van der Waals surface area contributed by atoms with E-state index in [0.29, 0.717) is 18.0 Å². The lowest BCUT2D eigenvalue weighted by molar-refractivity contribution is -0.135. The smallest absolute Gasteiger partial charge is 0.332 e. The van der Waals surface area contributed by atoms with Crippen LogP contribution in [0.15, 0.2) is 36.0 Å². The quantitative estimate of drug-likeness (QED) is 0.482. The van der Waals surface area contributed by atoms with Crippen molar-refractivity contribution < 1.29 is 24.2 Å². The Hall–Kier alpha value is -2.54. The monoisotopic (exact) mass is 308 g/mol. The molecule has 0 heterocycles. The second-order valence-electron chi connectivity index (χ2n) is 4.13. The molecule has 0 aliphatic rings. The molecule has 0 aromatic heterocycles. The second-order valence-corrected chi connectivity index (χ2v) is 4.13. The molecule has 1 aromatic rings. The lowest BCUT2D eigenvalue weighted by Crippen LogP contribution is -2.28. The fraction of sp³-hybridized carbons (Fsp3) is 0.333. The van der Waals surface area contributed by atoms with E-state index in [1.54, 1.807) is 31.2 Å². The van der Waals surface area contributed by atoms with Crippen molar-refractivity contribution in [2.75, 3.05) is 32.2 Å². The topological polar surface area (TPSA) is 96.9 Å². The summed E-state index contributed by atoms with van der Waals surface area (Å²) in [6, 6.07) is 6.89. The summed E-state index contributed by atoms with van der Waals surface area (Å²) >= 11 is 0. The molecule has 0 radical (unpaired) electrons. The summed E-state index contributed by atoms with van der Waals surface area (Å²) in [6.45, 7) is 2.18. The van der Waals surface area contributed by atoms with Gasteiger partial charge in [-0.25, -0.2) is 4.79 Å². The zero-order valence-corrected chi connectivity index (χ0v) is 12.6. The third-order valence-electron chi connectivity index (χ3n) is 2.55. The molecule has 0 aliphatic carbocycles. The maximum absolute atomic E-state index is 12.0. The molecule has 7 heteroatoms. The Balaban J connectivity index is 3.01. The van der Waals surface area contributed by atoms with Crippen LogP contribution >= 0.6 is 0 Å². The van der Waals surface area contributed by atoms with Crippen LogP contribution in [0.25, 0.3) is 0 Å². The van der Waals surface area contributed by atoms with Crippen molar-refractivity contribution in [2.45, 2.75) is 6.92 Å². The Bertz CT molecular complexity index is 542. The first-order valence-electron chi connectivity index (χ1n) is 6.80. The second kappa shape index (κ2) is 9.41. The number of methoxy groups -OCH3 is 1. The Morgan fingerprint density at radius 1 is 1.32 bits per heavy atom. The van der Waals surface area contributed by atoms with Crippen LogP contribution in [-0.2, 0) is 14.3 Å². The highest BCUT2D eigenvalue weighted by molar-refractivity contribution is 6.02. The highest BCUT2D eigenvalue weighted by atomic mass is 16.5. The number of amides is 1. The van der Waals surface area contributed by atoms with E-state index in [-0.39, 0.29) is 18.9 Å². The number of ether oxygens (including phenoxy) is 2. The first-order valence-corrected chi connectivity index (χ1v) is 6.80. The highest BCUT2D eigenvalue weighted by Crippen LogP contribution is 2.25. The Morgan fingerprint density at radius 3 is 2.68 bits per heavy atom. The van der Waals surface area contributed by atoms with Gasteiger partial charge in [0, 0.05) is 6.54 Å². The number of nitrogens with one attached hydrogen (secondary N) is 2. The Morgan fingerprint density at radius 2 is 2.05 bits per heavy atom. The van der Waals surface area contributed by atoms with Gasteiger partial charge in [-0.15, -0.1) is 0 Å². The third kappa shape index (κ3) is 5.45. The number of likely N-dealkylation sites (N-methyl/N-ethyl adjacent to an activating group) is 1. The largest absolute Gasteiger partial charge is 0.489 e. The van der Waals surface area contributed by atoms with Crippen LogP contribution in [0.1, 0.15) is 6.92 Å². The number of benzene rings is 1. The predicted molar refractivity (Wildman–Crippen MR) is 81.4 cm³/mol. The van der Waals surface area contributed by atoms with E-state index in [1.807, 2.05) is 0 Å². The van der Waals surface area contributed by atoms with Crippen molar-refractivity contribution in [3.63, 3.8) is 0 Å². The number of esters is 1. The van der Waals surface area contributed by atoms with Crippen molar-refractivity contribution in [2.24, 2.45) is 0 Å². The molecule has 0 aliphatic heterocycles. The number of aliphatic hydroxyl groups is 1. The number of rotatable bonds is 8. The molecule has 3 N–H and O–H groups in total. The standard InChI is InChI=1S/C15H20N2O5/c1-3-16-15(20)12(10-14(19)21-2)17-11-6-4-5-7-13(11)22-9-8-18/h4-7,10,17-18H,3,8-9H2,1-2H3,(H,16,20)/b12-10-. The number of anilines is 1. The Kier molecular flexibility index (Phi) is 7.49. The van der Waals surface area contributed by atoms with Crippen LogP contribution < -0.4 is 15.4 Å². The van der Waals surface area contributed by atoms with Crippen LogP contribution in [0.2, 0.25) is 0 Å². The van der Waals surface area contributed by atoms with Gasteiger partial charge in [0.1, 0.15) is 18.1 Å². The van der Waals surface area contributed by atoms with Gasteiger partial charge in [0.25, 0.3) is 5.91 Å². The third-order valence-corrected chi connectivity index (χ3v) is 2.55. The zero-order valence-electron chi connectivity index (χ0n) is 12.6. The van der Waals surface area contributed by atoms with E-state index in [1.165, 1.54) is 7.11 Å². The highest BCUT2D eigenvalue weighted by Gasteiger charge is 2.13. The van der Waals surface area contributed by atoms with Crippen molar-refractivity contribution >= 4 is 17.6 Å². The molecule has 0 atom stereocenters. The van der Waals surface area contributed by atoms with E-state index in [4.69, 9.17) is 9.84 Å². The van der Waals surface area contributed by atoms with Crippen molar-refractivity contribution in [1.82, 2.24) is 5.32 Å². The average Bonchev–Trinajstić information content (AvgIpc) is 2.53. The maximum atomic E-state index is 12.0. The lowest BCUT2D eigenvalue weighted by atomic mass is 10.2. The van der Waals surface area contributed by atoms with Gasteiger partial charge in [0.05, 0.1) is 25.5 Å². The van der Waals surface area contributed by atoms with E-state index in [2.05, 4.69) is 15.4 Å². The van der Waals surface area contributed by atoms with Crippen LogP contribution in [0.3, 0.4) is 0 Å². The molecule has 1 amide bonds. The molecular formula is C15H20N2O5. The molecular weight excluding hydrogens is 288 g/mol. The lowest BCUT2D eigenvalue weighted by Gasteiger charge is -2.14. The molecule has 0 saturated carbocycles. The van der Waals surface area contributed by atoms with E-state index in [9.17, 15) is 9.59 Å². The molecule has 0 bridgehead atoms. The maximum Gasteiger partial charge on any atom is 0.332 e. The summed E-state index contributed by atoms with van der Waals surface area (Å²) in [5, 5.41) is 14.3. The summed E-state index contributed by atoms with van der Waals surface area (Å²) in [6.07, 6.45) is 1.06. The van der Waals surface area contributed by atoms with Gasteiger partial charge < -0.3 is 25.2 Å². The predicted octanol–water partition coefficient (Wildman–Crippen LogP) is 0.663. The minimum atomic E-state index is -0.650. The number of carbonyl (C=O) groups is 2. The van der Waals surface area contributed by atoms with E-state index >= 15 is 0 Å². The number of hydrogen-bond acceptors (Lipinski definition) is 6. The average molecular weight is 308 g/mol. The minimum absolute atomic E-state index is 0.0359. The van der Waals surface area contributed by atoms with Gasteiger partial charge in [-0.1, -0.05) is 12.1 Å². The zero-order chi connectivity index (χ0) is 16.4. The Labute approximate surface area is 128 Å². The van der Waals surface area contributed by atoms with Gasteiger partial charge >= 0.3 is 5.97 Å². The summed E-state index contributed by atoms with van der Waals surface area (Å²) in [7, 11) is 1.23. The van der Waals surface area contributed by atoms with E-state index in [0.717, 1.165) is 6.08 Å². The number of para-hydroxylation sites is 2. The van der Waals surface area contributed by atoms with E-state index < -0.39 is 11.9 Å². The normalized spacial score (nSPS) is 10.8. The molecule has 7 nitrogen and oxygen atoms in total. The van der Waals surface area contributed by atoms with Gasteiger partial charge in [-0.2, -0.15) is 0 Å². The van der Waals surface area contributed by atoms with Crippen LogP contribution in [0.5, 0.6) is 5.75 Å². The SMILES string of the molecule is CCNC(=O)/C(=C/C(=O)OC)Nc1ccccc1OCCO. The number of aliphatic hydroxyl groups excluding tert-OH is 1. The summed E-state index contributed by atoms with van der Waals surface area (Å²) in [5.74, 6) is -0.635. The molecule has 0 fully saturated rings. The van der Waals surface area contributed by atoms with Gasteiger partial charge in [0.2, 0.25) is 0 Å². The number of carbonyl (C=O) groups excluding carboxylic acids is 2. The molecule has 1 rings (SSSR count). The van der Waals surface area contributed by atoms with Gasteiger partial charge in [-0.05, 0) is 19.1 Å². The van der Waals surface area contributed by atoms with Crippen LogP contribution in [0, 0.1) is 0 Å². The van der Waals surface area contributed by atoms with Crippen LogP contribution in [0.4, 0.5) is 5.69 Å². The molecule has 120 valence electrons. The molecule has 0 saturated heterocycles. The van der Waals surface area contributed by atoms with Crippen molar-refractivity contribution in [3.8, 4) is 5.75 Å². The van der Waals surface area contributed by atoms with Gasteiger partial charge in [0.15, 0.2) is 0 Å². The summed E-state index contributed by atoms with van der Waals surface area (Å²) in [4.78, 5) is 23.4. The minimum Gasteiger partial charge on any atom is -0.489 e.